The number of rotatable bonds is 3. The molecule has 0 aliphatic carbocycles. The van der Waals surface area contributed by atoms with Gasteiger partial charge in [0.15, 0.2) is 0 Å². The van der Waals surface area contributed by atoms with E-state index in [0.717, 1.165) is 18.5 Å². The van der Waals surface area contributed by atoms with E-state index in [1.165, 1.54) is 0 Å². The lowest BCUT2D eigenvalue weighted by molar-refractivity contribution is -0.139. The monoisotopic (exact) mass is 230 g/mol. The Balaban J connectivity index is 1.94. The lowest BCUT2D eigenvalue weighted by Crippen LogP contribution is -2.29. The Kier molecular flexibility index (Phi) is 3.40. The van der Waals surface area contributed by atoms with E-state index in [1.54, 1.807) is 12.1 Å². The number of nitrogens with one attached hydrogen (secondary N) is 1. The summed E-state index contributed by atoms with van der Waals surface area (Å²) in [5, 5.41) is 20.5. The van der Waals surface area contributed by atoms with E-state index >= 15 is 0 Å². The van der Waals surface area contributed by atoms with Crippen LogP contribution < -0.4 is 5.32 Å². The number of carboxylic acid groups (broad SMARTS) is 1. The second-order valence-corrected chi connectivity index (χ2v) is 4.41. The maximum absolute atomic E-state index is 10.8. The Bertz CT molecular complexity index is 447. The first kappa shape index (κ1) is 11.6. The lowest BCUT2D eigenvalue weighted by Gasteiger charge is -2.08. The van der Waals surface area contributed by atoms with Crippen LogP contribution in [-0.4, -0.2) is 23.7 Å². The van der Waals surface area contributed by atoms with Gasteiger partial charge < -0.3 is 10.4 Å². The predicted molar refractivity (Wildman–Crippen MR) is 62.4 cm³/mol. The summed E-state index contributed by atoms with van der Waals surface area (Å²) < 4.78 is 0. The molecule has 1 aliphatic rings. The van der Waals surface area contributed by atoms with E-state index < -0.39 is 12.0 Å². The second kappa shape index (κ2) is 4.98. The van der Waals surface area contributed by atoms with E-state index in [2.05, 4.69) is 11.4 Å². The molecule has 1 fully saturated rings. The Morgan fingerprint density at radius 1 is 1.47 bits per heavy atom. The van der Waals surface area contributed by atoms with Crippen LogP contribution in [0.4, 0.5) is 0 Å². The Morgan fingerprint density at radius 2 is 2.18 bits per heavy atom. The summed E-state index contributed by atoms with van der Waals surface area (Å²) in [7, 11) is 0. The summed E-state index contributed by atoms with van der Waals surface area (Å²) in [6.45, 7) is 0.747. The molecule has 0 amide bonds. The van der Waals surface area contributed by atoms with E-state index in [1.807, 2.05) is 12.1 Å². The van der Waals surface area contributed by atoms with Crippen molar-refractivity contribution in [1.29, 1.82) is 5.26 Å². The molecule has 2 rings (SSSR count). The molecule has 1 aromatic carbocycles. The number of hydrogen-bond acceptors (Lipinski definition) is 3. The molecule has 4 nitrogen and oxygen atoms in total. The fourth-order valence-electron chi connectivity index (χ4n) is 2.20. The molecule has 17 heavy (non-hydrogen) atoms. The molecule has 0 aromatic heterocycles. The molecule has 0 saturated carbocycles. The van der Waals surface area contributed by atoms with E-state index in [0.29, 0.717) is 17.9 Å². The zero-order chi connectivity index (χ0) is 12.3. The van der Waals surface area contributed by atoms with E-state index in [4.69, 9.17) is 10.4 Å². The zero-order valence-corrected chi connectivity index (χ0v) is 9.39. The molecular weight excluding hydrogens is 216 g/mol. The van der Waals surface area contributed by atoms with Crippen LogP contribution in [0, 0.1) is 17.2 Å². The largest absolute Gasteiger partial charge is 0.480 e. The number of nitriles is 1. The summed E-state index contributed by atoms with van der Waals surface area (Å²) >= 11 is 0. The summed E-state index contributed by atoms with van der Waals surface area (Å²) in [6.07, 6.45) is 1.54. The van der Waals surface area contributed by atoms with Crippen molar-refractivity contribution in [2.24, 2.45) is 5.92 Å². The summed E-state index contributed by atoms with van der Waals surface area (Å²) in [5.74, 6) is -0.406. The van der Waals surface area contributed by atoms with Crippen molar-refractivity contribution in [3.05, 3.63) is 35.4 Å². The molecule has 0 radical (unpaired) electrons. The predicted octanol–water partition coefficient (Wildman–Crippen LogP) is 1.16. The molecule has 2 N–H and O–H groups in total. The summed E-state index contributed by atoms with van der Waals surface area (Å²) in [5.41, 5.74) is 1.81. The van der Waals surface area contributed by atoms with Gasteiger partial charge in [-0.15, -0.1) is 0 Å². The maximum Gasteiger partial charge on any atom is 0.320 e. The minimum absolute atomic E-state index is 0.365. The van der Waals surface area contributed by atoms with Crippen LogP contribution in [0.2, 0.25) is 0 Å². The average molecular weight is 230 g/mol. The first-order valence-corrected chi connectivity index (χ1v) is 5.64. The average Bonchev–Trinajstić information content (AvgIpc) is 2.79. The van der Waals surface area contributed by atoms with Gasteiger partial charge in [-0.2, -0.15) is 5.26 Å². The van der Waals surface area contributed by atoms with E-state index in [-0.39, 0.29) is 0 Å². The van der Waals surface area contributed by atoms with Crippen LogP contribution in [0.25, 0.3) is 0 Å². The van der Waals surface area contributed by atoms with Gasteiger partial charge in [0.25, 0.3) is 0 Å². The van der Waals surface area contributed by atoms with Gasteiger partial charge in [0.1, 0.15) is 6.04 Å². The third-order valence-electron chi connectivity index (χ3n) is 3.13. The smallest absolute Gasteiger partial charge is 0.320 e. The van der Waals surface area contributed by atoms with Gasteiger partial charge in [-0.05, 0) is 43.0 Å². The second-order valence-electron chi connectivity index (χ2n) is 4.41. The fourth-order valence-corrected chi connectivity index (χ4v) is 2.20. The molecule has 2 atom stereocenters. The summed E-state index contributed by atoms with van der Waals surface area (Å²) in [4.78, 5) is 10.8. The van der Waals surface area contributed by atoms with Crippen molar-refractivity contribution < 1.29 is 9.90 Å². The molecule has 1 saturated heterocycles. The molecule has 1 aromatic rings. The minimum atomic E-state index is -0.771. The van der Waals surface area contributed by atoms with Gasteiger partial charge in [-0.3, -0.25) is 4.79 Å². The molecule has 0 spiro atoms. The quantitative estimate of drug-likeness (QED) is 0.817. The number of nitrogens with zero attached hydrogens (tertiary/aromatic N) is 1. The van der Waals surface area contributed by atoms with Crippen LogP contribution in [0.15, 0.2) is 24.3 Å². The van der Waals surface area contributed by atoms with Crippen LogP contribution in [0.3, 0.4) is 0 Å². The molecule has 1 heterocycles. The van der Waals surface area contributed by atoms with Gasteiger partial charge >= 0.3 is 5.97 Å². The summed E-state index contributed by atoms with van der Waals surface area (Å²) in [6, 6.07) is 9.15. The van der Waals surface area contributed by atoms with Gasteiger partial charge in [-0.25, -0.2) is 0 Å². The van der Waals surface area contributed by atoms with Gasteiger partial charge in [0, 0.05) is 0 Å². The van der Waals surface area contributed by atoms with Crippen LogP contribution >= 0.6 is 0 Å². The maximum atomic E-state index is 10.8. The molecule has 4 heteroatoms. The number of carboxylic acids is 1. The highest BCUT2D eigenvalue weighted by Gasteiger charge is 2.28. The van der Waals surface area contributed by atoms with Crippen molar-refractivity contribution >= 4 is 5.97 Å². The Morgan fingerprint density at radius 3 is 2.71 bits per heavy atom. The van der Waals surface area contributed by atoms with Crippen LogP contribution in [0.5, 0.6) is 0 Å². The van der Waals surface area contributed by atoms with Gasteiger partial charge in [-0.1, -0.05) is 12.1 Å². The molecule has 1 aliphatic heterocycles. The first-order valence-electron chi connectivity index (χ1n) is 5.64. The first-order chi connectivity index (χ1) is 8.19. The van der Waals surface area contributed by atoms with Crippen molar-refractivity contribution in [2.45, 2.75) is 18.9 Å². The highest BCUT2D eigenvalue weighted by atomic mass is 16.4. The van der Waals surface area contributed by atoms with E-state index in [9.17, 15) is 4.79 Å². The van der Waals surface area contributed by atoms with Crippen molar-refractivity contribution in [1.82, 2.24) is 5.32 Å². The molecule has 0 bridgehead atoms. The lowest BCUT2D eigenvalue weighted by atomic mass is 9.96. The Labute approximate surface area is 99.9 Å². The van der Waals surface area contributed by atoms with Crippen molar-refractivity contribution in [3.63, 3.8) is 0 Å². The zero-order valence-electron chi connectivity index (χ0n) is 9.39. The van der Waals surface area contributed by atoms with Gasteiger partial charge in [0.2, 0.25) is 0 Å². The third kappa shape index (κ3) is 2.83. The van der Waals surface area contributed by atoms with Crippen molar-refractivity contribution in [3.8, 4) is 6.07 Å². The Hall–Kier alpha value is -1.86. The number of aliphatic carboxylic acids is 1. The number of hydrogen-bond donors (Lipinski definition) is 2. The SMILES string of the molecule is N#Cc1ccc(CC2CN[C@H](C(=O)O)C2)cc1. The van der Waals surface area contributed by atoms with Crippen molar-refractivity contribution in [2.75, 3.05) is 6.54 Å². The highest BCUT2D eigenvalue weighted by Crippen LogP contribution is 2.19. The van der Waals surface area contributed by atoms with Gasteiger partial charge in [0.05, 0.1) is 11.6 Å². The number of benzene rings is 1. The van der Waals surface area contributed by atoms with Crippen LogP contribution in [-0.2, 0) is 11.2 Å². The standard InChI is InChI=1S/C13H14N2O2/c14-7-10-3-1-9(2-4-10)5-11-6-12(13(16)17)15-8-11/h1-4,11-12,15H,5-6,8H2,(H,16,17)/t11?,12-/m0/s1. The highest BCUT2D eigenvalue weighted by molar-refractivity contribution is 5.73. The normalized spacial score (nSPS) is 23.2. The third-order valence-corrected chi connectivity index (χ3v) is 3.13. The topological polar surface area (TPSA) is 73.1 Å². The molecule has 1 unspecified atom stereocenters. The molecular formula is C13H14N2O2. The fraction of sp³-hybridized carbons (Fsp3) is 0.385. The number of carbonyl (C=O) groups is 1. The van der Waals surface area contributed by atoms with Crippen LogP contribution in [0.1, 0.15) is 17.5 Å². The molecule has 88 valence electrons. The minimum Gasteiger partial charge on any atom is -0.480 e.